The first kappa shape index (κ1) is 12.6. The molecule has 0 aliphatic carbocycles. The number of carbonyl (C=O) groups excluding carboxylic acids is 2. The lowest BCUT2D eigenvalue weighted by molar-refractivity contribution is -0.386. The van der Waals surface area contributed by atoms with E-state index in [4.69, 9.17) is 0 Å². The summed E-state index contributed by atoms with van der Waals surface area (Å²) in [5, 5.41) is 31.8. The number of hydrogen-bond acceptors (Lipinski definition) is 6. The summed E-state index contributed by atoms with van der Waals surface area (Å²) >= 11 is 0. The van der Waals surface area contributed by atoms with E-state index in [1.54, 1.807) is 0 Å². The molecule has 0 saturated carbocycles. The fraction of sp³-hybridized carbons (Fsp3) is 0.200. The Morgan fingerprint density at radius 3 is 2.29 bits per heavy atom. The van der Waals surface area contributed by atoms with Crippen molar-refractivity contribution in [3.63, 3.8) is 0 Å². The highest BCUT2D eigenvalue weighted by Crippen LogP contribution is 2.28. The topological polar surface area (TPSA) is 123 Å². The quantitative estimate of drug-likeness (QED) is 0.456. The fourth-order valence-corrected chi connectivity index (χ4v) is 1.44. The summed E-state index contributed by atoms with van der Waals surface area (Å²) < 4.78 is 0. The number of nitro benzene ring substituents is 1. The number of carboxylic acids is 2. The van der Waals surface area contributed by atoms with Crippen molar-refractivity contribution < 1.29 is 24.7 Å². The zero-order chi connectivity index (χ0) is 13.0. The standard InChI is InChI=1S/C10H9NO6/c12-9(13)5-7(10(14)15)6-3-1-2-4-8(6)11(16)17/h1-4,7H,5H2,(H,12,13)(H,14,15)/p-2. The Labute approximate surface area is 95.5 Å². The molecule has 0 radical (unpaired) electrons. The van der Waals surface area contributed by atoms with Crippen molar-refractivity contribution in [1.82, 2.24) is 0 Å². The molecule has 0 heterocycles. The van der Waals surface area contributed by atoms with Gasteiger partial charge in [0.1, 0.15) is 0 Å². The number of rotatable bonds is 5. The normalized spacial score (nSPS) is 11.8. The predicted molar refractivity (Wildman–Crippen MR) is 50.5 cm³/mol. The molecule has 1 aromatic carbocycles. The van der Waals surface area contributed by atoms with E-state index < -0.39 is 34.9 Å². The molecule has 0 saturated heterocycles. The Kier molecular flexibility index (Phi) is 3.76. The van der Waals surface area contributed by atoms with Crippen LogP contribution in [0.25, 0.3) is 0 Å². The van der Waals surface area contributed by atoms with Crippen molar-refractivity contribution in [3.05, 3.63) is 39.9 Å². The summed E-state index contributed by atoms with van der Waals surface area (Å²) in [4.78, 5) is 31.1. The molecule has 0 bridgehead atoms. The Morgan fingerprint density at radius 2 is 1.82 bits per heavy atom. The number of hydrogen-bond donors (Lipinski definition) is 0. The van der Waals surface area contributed by atoms with E-state index in [1.165, 1.54) is 18.2 Å². The maximum absolute atomic E-state index is 10.8. The molecule has 0 aliphatic rings. The molecule has 1 aromatic rings. The highest BCUT2D eigenvalue weighted by atomic mass is 16.6. The first-order valence-electron chi connectivity index (χ1n) is 4.57. The zero-order valence-corrected chi connectivity index (χ0v) is 8.49. The van der Waals surface area contributed by atoms with Crippen LogP contribution in [0.3, 0.4) is 0 Å². The smallest absolute Gasteiger partial charge is 0.273 e. The average molecular weight is 237 g/mol. The molecular formula is C10H7NO6-2. The molecule has 1 rings (SSSR count). The summed E-state index contributed by atoms with van der Waals surface area (Å²) in [5.74, 6) is -4.90. The summed E-state index contributed by atoms with van der Waals surface area (Å²) in [6, 6.07) is 5.02. The molecule has 17 heavy (non-hydrogen) atoms. The van der Waals surface area contributed by atoms with Crippen LogP contribution in [0.5, 0.6) is 0 Å². The zero-order valence-electron chi connectivity index (χ0n) is 8.49. The first-order chi connectivity index (χ1) is 7.93. The number of aliphatic carboxylic acids is 2. The van der Waals surface area contributed by atoms with E-state index in [9.17, 15) is 29.9 Å². The van der Waals surface area contributed by atoms with Gasteiger partial charge in [-0.3, -0.25) is 10.1 Å². The van der Waals surface area contributed by atoms with Crippen molar-refractivity contribution >= 4 is 17.6 Å². The van der Waals surface area contributed by atoms with Crippen LogP contribution in [0.1, 0.15) is 17.9 Å². The summed E-state index contributed by atoms with van der Waals surface area (Å²) in [6.07, 6.45) is -0.868. The molecule has 90 valence electrons. The third kappa shape index (κ3) is 3.00. The van der Waals surface area contributed by atoms with Crippen LogP contribution < -0.4 is 10.2 Å². The van der Waals surface area contributed by atoms with E-state index in [0.29, 0.717) is 0 Å². The second-order valence-electron chi connectivity index (χ2n) is 3.26. The van der Waals surface area contributed by atoms with Gasteiger partial charge in [0, 0.05) is 29.5 Å². The van der Waals surface area contributed by atoms with E-state index in [1.807, 2.05) is 0 Å². The molecule has 0 amide bonds. The predicted octanol–water partition coefficient (Wildman–Crippen LogP) is -1.43. The van der Waals surface area contributed by atoms with Crippen LogP contribution in [0.4, 0.5) is 5.69 Å². The summed E-state index contributed by atoms with van der Waals surface area (Å²) in [7, 11) is 0. The van der Waals surface area contributed by atoms with E-state index in [2.05, 4.69) is 0 Å². The Morgan fingerprint density at radius 1 is 1.24 bits per heavy atom. The molecule has 1 unspecified atom stereocenters. The second-order valence-corrected chi connectivity index (χ2v) is 3.26. The van der Waals surface area contributed by atoms with Gasteiger partial charge in [-0.2, -0.15) is 0 Å². The van der Waals surface area contributed by atoms with Crippen LogP contribution in [-0.2, 0) is 9.59 Å². The van der Waals surface area contributed by atoms with E-state index >= 15 is 0 Å². The van der Waals surface area contributed by atoms with Gasteiger partial charge in [0.2, 0.25) is 0 Å². The molecule has 0 aliphatic heterocycles. The first-order valence-corrected chi connectivity index (χ1v) is 4.57. The minimum atomic E-state index is -1.69. The fourth-order valence-electron chi connectivity index (χ4n) is 1.44. The van der Waals surface area contributed by atoms with Crippen LogP contribution >= 0.6 is 0 Å². The number of carboxylic acid groups (broad SMARTS) is 2. The van der Waals surface area contributed by atoms with Crippen molar-refractivity contribution in [3.8, 4) is 0 Å². The lowest BCUT2D eigenvalue weighted by Gasteiger charge is -2.18. The number of nitrogens with zero attached hydrogens (tertiary/aromatic N) is 1. The van der Waals surface area contributed by atoms with Gasteiger partial charge >= 0.3 is 0 Å². The lowest BCUT2D eigenvalue weighted by atomic mass is 9.94. The molecule has 7 heteroatoms. The summed E-state index contributed by atoms with van der Waals surface area (Å²) in [5.41, 5.74) is -0.662. The largest absolute Gasteiger partial charge is 0.550 e. The van der Waals surface area contributed by atoms with E-state index in [0.717, 1.165) is 6.07 Å². The van der Waals surface area contributed by atoms with Gasteiger partial charge in [-0.15, -0.1) is 0 Å². The number of nitro groups is 1. The van der Waals surface area contributed by atoms with E-state index in [-0.39, 0.29) is 5.56 Å². The van der Waals surface area contributed by atoms with Crippen LogP contribution in [0.15, 0.2) is 24.3 Å². The van der Waals surface area contributed by atoms with Crippen molar-refractivity contribution in [2.24, 2.45) is 0 Å². The van der Waals surface area contributed by atoms with Gasteiger partial charge in [-0.1, -0.05) is 18.2 Å². The highest BCUT2D eigenvalue weighted by molar-refractivity contribution is 5.81. The molecular weight excluding hydrogens is 230 g/mol. The van der Waals surface area contributed by atoms with Gasteiger partial charge in [-0.25, -0.2) is 0 Å². The van der Waals surface area contributed by atoms with Gasteiger partial charge in [0.25, 0.3) is 5.69 Å². The number of para-hydroxylation sites is 1. The van der Waals surface area contributed by atoms with Crippen molar-refractivity contribution in [2.45, 2.75) is 12.3 Å². The molecule has 0 aromatic heterocycles. The summed E-state index contributed by atoms with van der Waals surface area (Å²) in [6.45, 7) is 0. The third-order valence-electron chi connectivity index (χ3n) is 2.16. The highest BCUT2D eigenvalue weighted by Gasteiger charge is 2.22. The SMILES string of the molecule is O=C([O-])CC(C(=O)[O-])c1ccccc1[N+](=O)[O-]. The minimum absolute atomic E-state index is 0.207. The van der Waals surface area contributed by atoms with Crippen molar-refractivity contribution in [1.29, 1.82) is 0 Å². The minimum Gasteiger partial charge on any atom is -0.550 e. The Bertz CT molecular complexity index is 470. The van der Waals surface area contributed by atoms with Crippen LogP contribution in [-0.4, -0.2) is 16.9 Å². The molecule has 0 N–H and O–H groups in total. The van der Waals surface area contributed by atoms with Gasteiger partial charge < -0.3 is 19.8 Å². The number of benzene rings is 1. The lowest BCUT2D eigenvalue weighted by Crippen LogP contribution is -2.35. The van der Waals surface area contributed by atoms with Gasteiger partial charge in [0.15, 0.2) is 0 Å². The second kappa shape index (κ2) is 5.06. The molecule has 0 fully saturated rings. The Balaban J connectivity index is 3.22. The van der Waals surface area contributed by atoms with Crippen molar-refractivity contribution in [2.75, 3.05) is 0 Å². The maximum atomic E-state index is 10.8. The van der Waals surface area contributed by atoms with Crippen LogP contribution in [0, 0.1) is 10.1 Å². The molecule has 7 nitrogen and oxygen atoms in total. The molecule has 1 atom stereocenters. The third-order valence-corrected chi connectivity index (χ3v) is 2.16. The monoisotopic (exact) mass is 237 g/mol. The van der Waals surface area contributed by atoms with Gasteiger partial charge in [0.05, 0.1) is 4.92 Å². The Hall–Kier alpha value is -2.44. The molecule has 0 spiro atoms. The van der Waals surface area contributed by atoms with Gasteiger partial charge in [-0.05, 0) is 6.42 Å². The average Bonchev–Trinajstić information content (AvgIpc) is 2.25. The maximum Gasteiger partial charge on any atom is 0.273 e. The number of carbonyl (C=O) groups is 2. The van der Waals surface area contributed by atoms with Crippen LogP contribution in [0.2, 0.25) is 0 Å².